The van der Waals surface area contributed by atoms with Gasteiger partial charge < -0.3 is 63.1 Å². The molecule has 36 nitrogen and oxygen atoms in total. The molecule has 5 fully saturated rings. The number of piperazine rings is 2. The normalized spacial score (nSPS) is 17.6. The number of hydrogen-bond acceptors (Lipinski definition) is 35. The fraction of sp³-hybridized carbons (Fsp3) is 0.422. The van der Waals surface area contributed by atoms with Crippen LogP contribution in [0.15, 0.2) is 197 Å². The second kappa shape index (κ2) is 44.1. The number of aliphatic hydroxyl groups is 1. The SMILES string of the molecule is CC(C)Oc1cc2c(cn1)CN=C2c1cc(N2CCC(n3cncn3)CC2)ncn1.CC(C)Oc1cc2c(cn1)CN=C2c1cc(N2CCCS(=O)CC2)ncn1.CC(C)Oc1cc2c(cn1)CN=C2c1ccnc(N2CCC(O)C2)c1.CC(C)Oc1cc2c(cn1)CN=C2c1ccnc(N2CCN(C)CC2)c1.CC(C)Oc1cc2c(cn1)CN=C2c1ccnc(N2CCN(c3ncccn3)CC2)c1. The summed E-state index contributed by atoms with van der Waals surface area (Å²) in [6.45, 7) is 35.6. The zero-order valence-electron chi connectivity index (χ0n) is 80.7. The topological polar surface area (TPSA) is 379 Å². The van der Waals surface area contributed by atoms with Gasteiger partial charge in [-0.1, -0.05) is 0 Å². The van der Waals surface area contributed by atoms with Crippen LogP contribution < -0.4 is 53.1 Å². The minimum absolute atomic E-state index is 0.0663. The predicted molar refractivity (Wildman–Crippen MR) is 538 cm³/mol. The molecule has 37 heteroatoms. The standard InChI is InChI=1S/C23H25N7O.C21H24N8O.C20H25N5O.C19H23N5O2S.C19H22N4O2/c1-16(2)31-21-13-19-18(14-27-21)15-28-22(19)17-4-7-24-20(12-17)29-8-10-30(11-9-29)23-25-5-3-6-26-23;1-14(2)30-20-7-17-15(9-23-20)10-24-21(17)18-8-19(26-12-25-18)28-5-3-16(4-6-28)29-13-22-11-27-29;1-14(2)26-19-11-17-16(12-22-19)13-23-20(17)15-4-5-21-18(10-15)25-8-6-24(3)7-9-25;1-13(2)26-18-8-15-14(10-20-18)11-21-19(15)16-9-17(23-12-22-16)24-4-3-6-27(25)7-5-24;1-12(2)25-18-8-16-14(9-21-18)10-22-19(16)13-3-5-20-17(7-13)23-6-4-15(24)11-23/h3-7,12-14,16H,8-11,15H2,1-2H3;7-9,11-14,16H,3-6,10H2,1-2H3;4-5,10-12,14H,6-9,13H2,1-3H3;8-10,12-13H,3-7,11H2,1-2H3;3,5,7-9,12,15,24H,4,6,10-11H2,1-2H3. The van der Waals surface area contributed by atoms with E-state index in [1.54, 1.807) is 37.7 Å². The number of rotatable bonds is 22. The number of β-amino-alcohol motifs (C(OH)–C–C–N with tert-alkyl or cyclic N) is 1. The molecule has 10 aliphatic heterocycles. The Hall–Kier alpha value is -14.2. The first-order chi connectivity index (χ1) is 67.6. The number of aliphatic hydroxyl groups excluding tert-OH is 1. The Bertz CT molecular complexity index is 6480. The second-order valence-electron chi connectivity index (χ2n) is 36.8. The molecule has 139 heavy (non-hydrogen) atoms. The lowest BCUT2D eigenvalue weighted by atomic mass is 10.0. The van der Waals surface area contributed by atoms with Crippen molar-refractivity contribution in [3.63, 3.8) is 0 Å². The van der Waals surface area contributed by atoms with Crippen LogP contribution in [0.1, 0.15) is 185 Å². The van der Waals surface area contributed by atoms with E-state index in [9.17, 15) is 9.32 Å². The van der Waals surface area contributed by atoms with Gasteiger partial charge >= 0.3 is 0 Å². The van der Waals surface area contributed by atoms with Crippen molar-refractivity contribution in [2.45, 2.75) is 170 Å². The van der Waals surface area contributed by atoms with Gasteiger partial charge in [-0.25, -0.2) is 79.4 Å². The highest BCUT2D eigenvalue weighted by molar-refractivity contribution is 7.85. The monoisotopic (exact) mass is 1890 g/mol. The summed E-state index contributed by atoms with van der Waals surface area (Å²) >= 11 is 0. The Balaban J connectivity index is 0.000000115. The molecular weight excluding hydrogens is 1780 g/mol. The van der Waals surface area contributed by atoms with E-state index in [0.29, 0.717) is 80.5 Å². The van der Waals surface area contributed by atoms with E-state index in [1.807, 2.05) is 190 Å². The highest BCUT2D eigenvalue weighted by Gasteiger charge is 2.32. The molecule has 12 aromatic rings. The van der Waals surface area contributed by atoms with E-state index in [4.69, 9.17) is 43.7 Å². The first-order valence-electron chi connectivity index (χ1n) is 48.0. The van der Waals surface area contributed by atoms with Gasteiger partial charge in [0.25, 0.3) is 0 Å². The van der Waals surface area contributed by atoms with Crippen molar-refractivity contribution in [3.8, 4) is 29.4 Å². The maximum absolute atomic E-state index is 11.8. The van der Waals surface area contributed by atoms with Gasteiger partial charge in [0.05, 0.1) is 115 Å². The van der Waals surface area contributed by atoms with E-state index in [2.05, 4.69) is 144 Å². The van der Waals surface area contributed by atoms with E-state index < -0.39 is 10.8 Å². The predicted octanol–water partition coefficient (Wildman–Crippen LogP) is 11.7. The van der Waals surface area contributed by atoms with E-state index >= 15 is 0 Å². The summed E-state index contributed by atoms with van der Waals surface area (Å²) in [7, 11) is 1.44. The molecule has 12 aromatic heterocycles. The van der Waals surface area contributed by atoms with Crippen LogP contribution in [-0.4, -0.2) is 274 Å². The molecule has 22 heterocycles. The van der Waals surface area contributed by atoms with Gasteiger partial charge in [0.1, 0.15) is 54.4 Å². The molecule has 5 saturated heterocycles. The van der Waals surface area contributed by atoms with Crippen LogP contribution in [0.2, 0.25) is 0 Å². The van der Waals surface area contributed by atoms with Gasteiger partial charge in [-0.05, 0) is 144 Å². The number of fused-ring (bicyclic) bond motifs is 5. The summed E-state index contributed by atoms with van der Waals surface area (Å²) < 4.78 is 42.5. The Kier molecular flexibility index (Phi) is 30.2. The molecule has 0 saturated carbocycles. The molecule has 1 N–H and O–H groups in total. The van der Waals surface area contributed by atoms with Crippen LogP contribution in [0.25, 0.3) is 0 Å². The lowest BCUT2D eigenvalue weighted by molar-refractivity contribution is 0.198. The second-order valence-corrected chi connectivity index (χ2v) is 38.5. The third kappa shape index (κ3) is 23.6. The third-order valence-electron chi connectivity index (χ3n) is 24.8. The van der Waals surface area contributed by atoms with Crippen molar-refractivity contribution in [1.29, 1.82) is 0 Å². The largest absolute Gasteiger partial charge is 0.475 e. The molecular formula is C102H119N29O7S. The van der Waals surface area contributed by atoms with Crippen molar-refractivity contribution in [2.24, 2.45) is 25.0 Å². The Morgan fingerprint density at radius 1 is 0.353 bits per heavy atom. The van der Waals surface area contributed by atoms with Gasteiger partial charge in [-0.15, -0.1) is 0 Å². The maximum atomic E-state index is 11.8. The molecule has 0 aliphatic carbocycles. The average Bonchev–Trinajstić information content (AvgIpc) is 1.66. The lowest BCUT2D eigenvalue weighted by Gasteiger charge is -2.35. The smallest absolute Gasteiger partial charge is 0.225 e. The van der Waals surface area contributed by atoms with Crippen LogP contribution >= 0.6 is 0 Å². The molecule has 720 valence electrons. The molecule has 0 amide bonds. The summed E-state index contributed by atoms with van der Waals surface area (Å²) in [5, 5.41) is 14.0. The number of aliphatic imine (C=N–C) groups is 5. The highest BCUT2D eigenvalue weighted by Crippen LogP contribution is 2.36. The number of pyridine rings is 8. The minimum Gasteiger partial charge on any atom is -0.475 e. The average molecular weight is 1900 g/mol. The molecule has 2 unspecified atom stereocenters. The molecule has 2 atom stereocenters. The maximum Gasteiger partial charge on any atom is 0.225 e. The van der Waals surface area contributed by atoms with E-state index in [-0.39, 0.29) is 36.6 Å². The Labute approximate surface area is 812 Å². The van der Waals surface area contributed by atoms with Gasteiger partial charge in [-0.2, -0.15) is 5.10 Å². The summed E-state index contributed by atoms with van der Waals surface area (Å²) in [5.74, 6) is 10.0. The highest BCUT2D eigenvalue weighted by atomic mass is 32.2. The number of piperidine rings is 1. The van der Waals surface area contributed by atoms with Crippen molar-refractivity contribution in [1.82, 2.24) is 89.4 Å². The van der Waals surface area contributed by atoms with Crippen LogP contribution in [0.3, 0.4) is 0 Å². The molecule has 22 rings (SSSR count). The van der Waals surface area contributed by atoms with E-state index in [0.717, 1.165) is 264 Å². The van der Waals surface area contributed by atoms with Crippen molar-refractivity contribution in [2.75, 3.05) is 140 Å². The third-order valence-corrected chi connectivity index (χ3v) is 26.2. The number of hydrogen-bond donors (Lipinski definition) is 1. The lowest BCUT2D eigenvalue weighted by Crippen LogP contribution is -2.47. The van der Waals surface area contributed by atoms with Gasteiger partial charge in [0, 0.05) is 291 Å². The molecule has 0 radical (unpaired) electrons. The molecule has 0 aromatic carbocycles. The first kappa shape index (κ1) is 95.1. The summed E-state index contributed by atoms with van der Waals surface area (Å²) in [5.41, 5.74) is 20.4. The first-order valence-corrected chi connectivity index (χ1v) is 49.5. The van der Waals surface area contributed by atoms with Crippen LogP contribution in [0.5, 0.6) is 29.4 Å². The fourth-order valence-corrected chi connectivity index (χ4v) is 19.0. The molecule has 10 aliphatic rings. The number of nitrogens with zero attached hydrogens (tertiary/aromatic N) is 29. The summed E-state index contributed by atoms with van der Waals surface area (Å²) in [4.78, 5) is 106. The quantitative estimate of drug-likeness (QED) is 0.0658. The Morgan fingerprint density at radius 3 is 1.10 bits per heavy atom. The van der Waals surface area contributed by atoms with Crippen molar-refractivity contribution < 1.29 is 33.0 Å². The number of anilines is 6. The van der Waals surface area contributed by atoms with Gasteiger partial charge in [-0.3, -0.25) is 29.2 Å². The number of aromatic nitrogens is 17. The van der Waals surface area contributed by atoms with E-state index in [1.165, 1.54) is 0 Å². The van der Waals surface area contributed by atoms with Crippen LogP contribution in [0.4, 0.5) is 35.0 Å². The zero-order chi connectivity index (χ0) is 96.0. The fourth-order valence-electron chi connectivity index (χ4n) is 17.9. The minimum atomic E-state index is -0.727. The van der Waals surface area contributed by atoms with Gasteiger partial charge in [0.15, 0.2) is 0 Å². The summed E-state index contributed by atoms with van der Waals surface area (Å²) in [6.07, 6.45) is 28.9. The molecule has 0 spiro atoms. The van der Waals surface area contributed by atoms with Crippen molar-refractivity contribution >= 4 is 74.4 Å². The van der Waals surface area contributed by atoms with Crippen molar-refractivity contribution in [3.05, 3.63) is 256 Å². The number of ether oxygens (including phenoxy) is 5. The molecule has 0 bridgehead atoms. The van der Waals surface area contributed by atoms with Crippen LogP contribution in [0, 0.1) is 0 Å². The summed E-state index contributed by atoms with van der Waals surface area (Å²) in [6, 6.07) is 28.5. The number of likely N-dealkylation sites (N-methyl/N-ethyl adjacent to an activating group) is 1. The van der Waals surface area contributed by atoms with Gasteiger partial charge in [0.2, 0.25) is 35.3 Å². The Morgan fingerprint density at radius 2 is 0.712 bits per heavy atom. The zero-order valence-corrected chi connectivity index (χ0v) is 81.5. The van der Waals surface area contributed by atoms with Crippen LogP contribution in [-0.2, 0) is 43.5 Å².